The molecule has 0 bridgehead atoms. The Kier molecular flexibility index (Phi) is 5.51. The molecule has 5 rings (SSSR count). The van der Waals surface area contributed by atoms with Gasteiger partial charge in [-0.2, -0.15) is 5.10 Å². The van der Waals surface area contributed by atoms with Gasteiger partial charge in [0.05, 0.1) is 12.2 Å². The second-order valence-corrected chi connectivity index (χ2v) is 9.84. The summed E-state index contributed by atoms with van der Waals surface area (Å²) in [6.45, 7) is 2.40. The number of halogens is 1. The van der Waals surface area contributed by atoms with Crippen LogP contribution in [0.1, 0.15) is 86.0 Å². The highest BCUT2D eigenvalue weighted by atomic mass is 19.1. The number of aromatic nitrogens is 2. The number of nitrogens with one attached hydrogen (secondary N) is 1. The van der Waals surface area contributed by atoms with E-state index < -0.39 is 5.54 Å². The number of fused-ring (bicyclic) bond motifs is 1. The Morgan fingerprint density at radius 1 is 1.12 bits per heavy atom. The summed E-state index contributed by atoms with van der Waals surface area (Å²) in [6.07, 6.45) is 8.81. The summed E-state index contributed by atoms with van der Waals surface area (Å²) in [6, 6.07) is 8.16. The van der Waals surface area contributed by atoms with Crippen molar-refractivity contribution >= 4 is 11.8 Å². The van der Waals surface area contributed by atoms with Crippen molar-refractivity contribution < 1.29 is 14.0 Å². The van der Waals surface area contributed by atoms with Gasteiger partial charge in [0, 0.05) is 18.5 Å². The van der Waals surface area contributed by atoms with Gasteiger partial charge in [-0.1, -0.05) is 37.8 Å². The molecule has 2 aliphatic carbocycles. The van der Waals surface area contributed by atoms with Crippen LogP contribution in [0.4, 0.5) is 4.39 Å². The third-order valence-electron chi connectivity index (χ3n) is 7.25. The van der Waals surface area contributed by atoms with Crippen LogP contribution < -0.4 is 5.32 Å². The van der Waals surface area contributed by atoms with Gasteiger partial charge in [0.15, 0.2) is 0 Å². The van der Waals surface area contributed by atoms with Gasteiger partial charge >= 0.3 is 0 Å². The van der Waals surface area contributed by atoms with E-state index in [-0.39, 0.29) is 30.2 Å². The van der Waals surface area contributed by atoms with Crippen molar-refractivity contribution in [3.05, 3.63) is 53.1 Å². The second-order valence-electron chi connectivity index (χ2n) is 9.84. The molecular formula is C25H31FN4O2. The van der Waals surface area contributed by atoms with Crippen LogP contribution in [0, 0.1) is 5.82 Å². The van der Waals surface area contributed by atoms with Crippen molar-refractivity contribution in [1.82, 2.24) is 20.0 Å². The van der Waals surface area contributed by atoms with Crippen molar-refractivity contribution in [3.8, 4) is 0 Å². The van der Waals surface area contributed by atoms with Crippen LogP contribution in [-0.4, -0.2) is 38.1 Å². The maximum Gasteiger partial charge on any atom is 0.273 e. The van der Waals surface area contributed by atoms with Gasteiger partial charge in [-0.25, -0.2) is 4.39 Å². The number of hydrogen-bond donors (Lipinski definition) is 1. The average Bonchev–Trinajstić information content (AvgIpc) is 3.58. The molecule has 1 aromatic heterocycles. The van der Waals surface area contributed by atoms with Crippen molar-refractivity contribution in [2.24, 2.45) is 0 Å². The lowest BCUT2D eigenvalue weighted by Gasteiger charge is -2.44. The molecule has 0 radical (unpaired) electrons. The normalized spacial score (nSPS) is 24.2. The summed E-state index contributed by atoms with van der Waals surface area (Å²) >= 11 is 0. The van der Waals surface area contributed by atoms with Crippen LogP contribution in [0.3, 0.4) is 0 Å². The molecule has 1 aliphatic heterocycles. The number of amides is 2. The third-order valence-corrected chi connectivity index (χ3v) is 7.25. The van der Waals surface area contributed by atoms with Crippen LogP contribution >= 0.6 is 0 Å². The van der Waals surface area contributed by atoms with E-state index in [0.29, 0.717) is 18.2 Å². The fourth-order valence-corrected chi connectivity index (χ4v) is 5.02. The molecule has 1 atom stereocenters. The van der Waals surface area contributed by atoms with Crippen LogP contribution in [0.25, 0.3) is 0 Å². The Bertz CT molecular complexity index is 1010. The SMILES string of the molecule is CC1(C(=O)NC2CCCCCC2)Cn2nc(C3CC3)cc2C(=O)N1Cc1ccc(F)cc1. The Balaban J connectivity index is 1.46. The highest BCUT2D eigenvalue weighted by molar-refractivity contribution is 5.99. The van der Waals surface area contributed by atoms with Gasteiger partial charge < -0.3 is 10.2 Å². The molecule has 1 unspecified atom stereocenters. The van der Waals surface area contributed by atoms with Gasteiger partial charge in [0.2, 0.25) is 5.91 Å². The topological polar surface area (TPSA) is 67.2 Å². The fraction of sp³-hybridized carbons (Fsp3) is 0.560. The molecule has 170 valence electrons. The molecule has 2 aromatic rings. The van der Waals surface area contributed by atoms with Gasteiger partial charge in [-0.05, 0) is 56.4 Å². The van der Waals surface area contributed by atoms with Gasteiger partial charge in [-0.3, -0.25) is 14.3 Å². The zero-order chi connectivity index (χ0) is 22.3. The molecule has 2 heterocycles. The summed E-state index contributed by atoms with van der Waals surface area (Å²) in [5, 5.41) is 7.95. The lowest BCUT2D eigenvalue weighted by molar-refractivity contribution is -0.134. The number of hydrogen-bond acceptors (Lipinski definition) is 3. The Morgan fingerprint density at radius 2 is 1.81 bits per heavy atom. The first kappa shape index (κ1) is 21.2. The Morgan fingerprint density at radius 3 is 2.47 bits per heavy atom. The largest absolute Gasteiger partial charge is 0.351 e. The molecule has 2 fully saturated rings. The molecular weight excluding hydrogens is 407 g/mol. The van der Waals surface area contributed by atoms with Crippen LogP contribution in [0.15, 0.2) is 30.3 Å². The van der Waals surface area contributed by atoms with Crippen LogP contribution in [0.5, 0.6) is 0 Å². The Hall–Kier alpha value is -2.70. The zero-order valence-electron chi connectivity index (χ0n) is 18.6. The molecule has 32 heavy (non-hydrogen) atoms. The standard InChI is InChI=1S/C25H31FN4O2/c1-25(24(32)27-20-6-4-2-3-5-7-20)16-30-22(14-21(28-30)18-10-11-18)23(31)29(25)15-17-8-12-19(26)13-9-17/h8-9,12-14,18,20H,2-7,10-11,15-16H2,1H3,(H,27,32). The third kappa shape index (κ3) is 4.05. The highest BCUT2D eigenvalue weighted by Gasteiger charge is 2.48. The second kappa shape index (κ2) is 8.34. The molecule has 0 saturated heterocycles. The first-order valence-corrected chi connectivity index (χ1v) is 11.9. The van der Waals surface area contributed by atoms with Crippen molar-refractivity contribution in [2.45, 2.75) is 88.9 Å². The quantitative estimate of drug-likeness (QED) is 0.713. The highest BCUT2D eigenvalue weighted by Crippen LogP contribution is 2.40. The molecule has 3 aliphatic rings. The first-order valence-electron chi connectivity index (χ1n) is 11.9. The van der Waals surface area contributed by atoms with E-state index in [1.165, 1.54) is 25.0 Å². The van der Waals surface area contributed by atoms with E-state index in [0.717, 1.165) is 49.8 Å². The smallest absolute Gasteiger partial charge is 0.273 e. The first-order chi connectivity index (χ1) is 15.4. The summed E-state index contributed by atoms with van der Waals surface area (Å²) in [7, 11) is 0. The van der Waals surface area contributed by atoms with Crippen molar-refractivity contribution in [2.75, 3.05) is 0 Å². The summed E-state index contributed by atoms with van der Waals surface area (Å²) in [5.74, 6) is -0.218. The molecule has 2 saturated carbocycles. The van der Waals surface area contributed by atoms with Crippen LogP contribution in [0.2, 0.25) is 0 Å². The van der Waals surface area contributed by atoms with Crippen molar-refractivity contribution in [3.63, 3.8) is 0 Å². The number of benzene rings is 1. The molecule has 1 aromatic carbocycles. The summed E-state index contributed by atoms with van der Waals surface area (Å²) in [5.41, 5.74) is 1.21. The van der Waals surface area contributed by atoms with Gasteiger partial charge in [0.25, 0.3) is 5.91 Å². The molecule has 2 amide bonds. The van der Waals surface area contributed by atoms with Gasteiger partial charge in [-0.15, -0.1) is 0 Å². The Labute approximate surface area is 188 Å². The minimum Gasteiger partial charge on any atom is -0.351 e. The number of carbonyl (C=O) groups excluding carboxylic acids is 2. The molecule has 7 heteroatoms. The van der Waals surface area contributed by atoms with E-state index in [2.05, 4.69) is 5.32 Å². The minimum absolute atomic E-state index is 0.131. The van der Waals surface area contributed by atoms with E-state index in [1.807, 2.05) is 13.0 Å². The van der Waals surface area contributed by atoms with Crippen LogP contribution in [-0.2, 0) is 17.9 Å². The van der Waals surface area contributed by atoms with E-state index >= 15 is 0 Å². The molecule has 1 N–H and O–H groups in total. The van der Waals surface area contributed by atoms with E-state index in [1.54, 1.807) is 21.7 Å². The van der Waals surface area contributed by atoms with Gasteiger partial charge in [0.1, 0.15) is 17.1 Å². The molecule has 0 spiro atoms. The lowest BCUT2D eigenvalue weighted by Crippen LogP contribution is -2.64. The van der Waals surface area contributed by atoms with Crippen molar-refractivity contribution in [1.29, 1.82) is 0 Å². The number of nitrogens with zero attached hydrogens (tertiary/aromatic N) is 3. The predicted molar refractivity (Wildman–Crippen MR) is 119 cm³/mol. The maximum atomic E-state index is 13.7. The molecule has 6 nitrogen and oxygen atoms in total. The predicted octanol–water partition coefficient (Wildman–Crippen LogP) is 4.15. The summed E-state index contributed by atoms with van der Waals surface area (Å²) in [4.78, 5) is 28.9. The lowest BCUT2D eigenvalue weighted by atomic mass is 9.93. The number of rotatable bonds is 5. The van der Waals surface area contributed by atoms with E-state index in [4.69, 9.17) is 5.10 Å². The maximum absolute atomic E-state index is 13.7. The zero-order valence-corrected chi connectivity index (χ0v) is 18.6. The number of carbonyl (C=O) groups is 2. The monoisotopic (exact) mass is 438 g/mol. The van der Waals surface area contributed by atoms with E-state index in [9.17, 15) is 14.0 Å². The summed E-state index contributed by atoms with van der Waals surface area (Å²) < 4.78 is 15.2. The fourth-order valence-electron chi connectivity index (χ4n) is 5.02. The average molecular weight is 439 g/mol. The minimum atomic E-state index is -1.07.